The Hall–Kier alpha value is -5.88. The van der Waals surface area contributed by atoms with Crippen molar-refractivity contribution < 1.29 is 63.3 Å². The number of aliphatic hydroxyl groups excluding tert-OH is 1. The van der Waals surface area contributed by atoms with E-state index >= 15 is 0 Å². The van der Waals surface area contributed by atoms with E-state index in [4.69, 9.17) is 17.2 Å². The first-order valence-electron chi connectivity index (χ1n) is 20.6. The Balaban J connectivity index is 2.55. The van der Waals surface area contributed by atoms with Gasteiger partial charge in [-0.1, -0.05) is 51.9 Å². The molecule has 1 unspecified atom stereocenters. The molecular formula is C38H59N13O13S3. The van der Waals surface area contributed by atoms with Crippen molar-refractivity contribution in [1.82, 2.24) is 47.9 Å². The molecule has 0 bridgehead atoms. The summed E-state index contributed by atoms with van der Waals surface area (Å²) in [5.74, 6) is -10.6. The topological polar surface area (TPSA) is 430 Å². The zero-order valence-electron chi connectivity index (χ0n) is 36.4. The summed E-state index contributed by atoms with van der Waals surface area (Å²) in [4.78, 5) is 133. The number of rotatable bonds is 16. The second-order valence-electron chi connectivity index (χ2n) is 14.5. The maximum Gasteiger partial charge on any atom is 0.327 e. The molecule has 29 heteroatoms. The standard InChI is InChI=1S/C38H59N13O13S3/c1-65-11-9-22-34(60)51-23(12-20-6-3-2-4-7-20)33(59)45-17-30(55)48-26(37(63)64)19-67-66-18-25(47-28(53)15-43-27(52)14-39)36(62)49-21(8-5-10-42-38(40)41)32(58)44-16-29(54)46-24(13-31(56)57)35(61)50-22/h2-4,6-7,21-26,33,45,59H,5,8-19,39H2,1H3,(H,43,52)(H,44,58)(H,46,54)(H,47,53)(H,48,55)(H,49,62)(H,50,61)(H,51,60)(H,56,57)(H,63,64)(H4,40,41,42)/t21-,22-,23-,24-,25-,26-,33?/m0/s1. The van der Waals surface area contributed by atoms with E-state index in [0.717, 1.165) is 21.6 Å². The van der Waals surface area contributed by atoms with Crippen LogP contribution in [0.5, 0.6) is 0 Å². The number of hydrogen-bond acceptors (Lipinski definition) is 17. The van der Waals surface area contributed by atoms with Gasteiger partial charge in [0.05, 0.1) is 38.6 Å². The number of hydrogen-bond donors (Lipinski definition) is 15. The van der Waals surface area contributed by atoms with Crippen LogP contribution < -0.4 is 65.1 Å². The summed E-state index contributed by atoms with van der Waals surface area (Å²) in [6, 6.07) is -0.0252. The molecule has 2 rings (SSSR count). The second-order valence-corrected chi connectivity index (χ2v) is 18.1. The summed E-state index contributed by atoms with van der Waals surface area (Å²) >= 11 is 1.32. The van der Waals surface area contributed by atoms with E-state index in [2.05, 4.69) is 52.8 Å². The van der Waals surface area contributed by atoms with Crippen molar-refractivity contribution in [3.8, 4) is 0 Å². The maximum atomic E-state index is 13.8. The fraction of sp³-hybridized carbons (Fsp3) is 0.553. The second kappa shape index (κ2) is 31.2. The predicted molar refractivity (Wildman–Crippen MR) is 249 cm³/mol. The predicted octanol–water partition coefficient (Wildman–Crippen LogP) is -6.00. The molecule has 0 aliphatic carbocycles. The minimum atomic E-state index is -1.77. The van der Waals surface area contributed by atoms with Crippen molar-refractivity contribution in [3.05, 3.63) is 35.9 Å². The number of aliphatic carboxylic acids is 2. The van der Waals surface area contributed by atoms with E-state index in [9.17, 15) is 63.3 Å². The zero-order chi connectivity index (χ0) is 49.9. The Morgan fingerprint density at radius 2 is 1.45 bits per heavy atom. The molecule has 1 heterocycles. The van der Waals surface area contributed by atoms with Crippen molar-refractivity contribution in [2.24, 2.45) is 22.2 Å². The fourth-order valence-electron chi connectivity index (χ4n) is 5.81. The van der Waals surface area contributed by atoms with Crippen LogP contribution in [0.2, 0.25) is 0 Å². The van der Waals surface area contributed by atoms with Gasteiger partial charge in [-0.2, -0.15) is 11.8 Å². The first-order valence-corrected chi connectivity index (χ1v) is 24.4. The van der Waals surface area contributed by atoms with Crippen LogP contribution in [-0.4, -0.2) is 179 Å². The molecule has 0 saturated carbocycles. The lowest BCUT2D eigenvalue weighted by molar-refractivity contribution is -0.141. The van der Waals surface area contributed by atoms with Crippen molar-refractivity contribution in [2.45, 2.75) is 74.6 Å². The van der Waals surface area contributed by atoms with Crippen LogP contribution in [0.3, 0.4) is 0 Å². The molecular weight excluding hydrogens is 943 g/mol. The van der Waals surface area contributed by atoms with Crippen LogP contribution in [0.4, 0.5) is 0 Å². The summed E-state index contributed by atoms with van der Waals surface area (Å²) in [5, 5.41) is 52.6. The van der Waals surface area contributed by atoms with Crippen LogP contribution in [0, 0.1) is 0 Å². The largest absolute Gasteiger partial charge is 0.481 e. The quantitative estimate of drug-likeness (QED) is 0.0317. The highest BCUT2D eigenvalue weighted by Crippen LogP contribution is 2.23. The number of carbonyl (C=O) groups excluding carboxylic acids is 8. The Morgan fingerprint density at radius 3 is 2.09 bits per heavy atom. The number of carboxylic acids is 2. The van der Waals surface area contributed by atoms with Gasteiger partial charge in [0.15, 0.2) is 5.96 Å². The molecule has 0 aromatic heterocycles. The Morgan fingerprint density at radius 1 is 0.806 bits per heavy atom. The molecule has 7 atom stereocenters. The molecule has 1 aromatic rings. The molecule has 372 valence electrons. The van der Waals surface area contributed by atoms with Crippen molar-refractivity contribution in [1.29, 1.82) is 0 Å². The molecule has 1 aliphatic rings. The van der Waals surface area contributed by atoms with Gasteiger partial charge in [-0.25, -0.2) is 4.79 Å². The fourth-order valence-corrected chi connectivity index (χ4v) is 8.60. The summed E-state index contributed by atoms with van der Waals surface area (Å²) in [6.07, 6.45) is -0.872. The number of benzene rings is 1. The summed E-state index contributed by atoms with van der Waals surface area (Å²) < 4.78 is 0. The van der Waals surface area contributed by atoms with E-state index in [1.54, 1.807) is 36.6 Å². The van der Waals surface area contributed by atoms with Crippen LogP contribution in [0.15, 0.2) is 35.3 Å². The minimum absolute atomic E-state index is 0.000473. The van der Waals surface area contributed by atoms with Gasteiger partial charge in [0.2, 0.25) is 47.3 Å². The van der Waals surface area contributed by atoms with Gasteiger partial charge in [0.25, 0.3) is 0 Å². The average molecular weight is 1000 g/mol. The number of thioether (sulfide) groups is 1. The Bertz CT molecular complexity index is 1900. The zero-order valence-corrected chi connectivity index (χ0v) is 38.9. The van der Waals surface area contributed by atoms with Gasteiger partial charge in [0.1, 0.15) is 36.4 Å². The summed E-state index contributed by atoms with van der Waals surface area (Å²) in [5.41, 5.74) is 16.7. The third-order valence-corrected chi connectivity index (χ3v) is 12.3. The van der Waals surface area contributed by atoms with E-state index in [1.165, 1.54) is 11.8 Å². The van der Waals surface area contributed by atoms with Crippen LogP contribution >= 0.6 is 33.3 Å². The van der Waals surface area contributed by atoms with E-state index in [1.807, 2.05) is 0 Å². The van der Waals surface area contributed by atoms with Gasteiger partial charge in [-0.3, -0.25) is 53.5 Å². The third-order valence-electron chi connectivity index (χ3n) is 9.22. The number of carbonyl (C=O) groups is 10. The third kappa shape index (κ3) is 23.4. The molecule has 0 spiro atoms. The number of amides is 8. The number of aliphatic imine (C=N–C) groups is 1. The van der Waals surface area contributed by atoms with Crippen molar-refractivity contribution in [3.63, 3.8) is 0 Å². The number of carboxylic acid groups (broad SMARTS) is 2. The van der Waals surface area contributed by atoms with Gasteiger partial charge in [0, 0.05) is 18.1 Å². The molecule has 18 N–H and O–H groups in total. The first-order chi connectivity index (χ1) is 31.8. The summed E-state index contributed by atoms with van der Waals surface area (Å²) in [7, 11) is 1.81. The molecule has 1 aliphatic heterocycles. The highest BCUT2D eigenvalue weighted by atomic mass is 33.1. The monoisotopic (exact) mass is 1000 g/mol. The lowest BCUT2D eigenvalue weighted by Gasteiger charge is -2.28. The molecule has 26 nitrogen and oxygen atoms in total. The summed E-state index contributed by atoms with van der Waals surface area (Å²) in [6.45, 7) is -2.49. The molecule has 1 aromatic carbocycles. The van der Waals surface area contributed by atoms with Gasteiger partial charge in [-0.15, -0.1) is 0 Å². The van der Waals surface area contributed by atoms with Crippen LogP contribution in [0.25, 0.3) is 0 Å². The maximum absolute atomic E-state index is 13.8. The highest BCUT2D eigenvalue weighted by Gasteiger charge is 2.33. The van der Waals surface area contributed by atoms with Gasteiger partial charge < -0.3 is 75.1 Å². The molecule has 8 amide bonds. The van der Waals surface area contributed by atoms with E-state index in [0.29, 0.717) is 11.3 Å². The highest BCUT2D eigenvalue weighted by molar-refractivity contribution is 8.76. The first kappa shape index (κ1) is 57.2. The molecule has 67 heavy (non-hydrogen) atoms. The van der Waals surface area contributed by atoms with E-state index < -0.39 is 134 Å². The number of aliphatic hydroxyl groups is 1. The Labute approximate surface area is 397 Å². The van der Waals surface area contributed by atoms with E-state index in [-0.39, 0.29) is 49.7 Å². The molecule has 0 radical (unpaired) electrons. The smallest absolute Gasteiger partial charge is 0.327 e. The normalized spacial score (nSPS) is 23.4. The SMILES string of the molecule is CSCC[C@@H]1NC(=O)[C@H](CC(=O)O)NC(=O)CNC(=O)[C@H](CCCN=C(N)N)NC(=O)[C@@H](NC(=O)CNC(=O)CN)CSSC[C@@H](C(=O)O)NC(=O)CNC(O)[C@H](Cc2ccccc2)NC1=O. The number of nitrogens with one attached hydrogen (secondary N) is 9. The molecule has 1 fully saturated rings. The van der Waals surface area contributed by atoms with Crippen LogP contribution in [0.1, 0.15) is 31.2 Å². The molecule has 1 saturated heterocycles. The van der Waals surface area contributed by atoms with Crippen LogP contribution in [-0.2, 0) is 54.4 Å². The van der Waals surface area contributed by atoms with Crippen molar-refractivity contribution >= 4 is 98.5 Å². The number of nitrogens with two attached hydrogens (primary N) is 3. The minimum Gasteiger partial charge on any atom is -0.481 e. The van der Waals surface area contributed by atoms with Gasteiger partial charge >= 0.3 is 11.9 Å². The van der Waals surface area contributed by atoms with Crippen molar-refractivity contribution in [2.75, 3.05) is 56.2 Å². The Kier molecular flexibility index (Phi) is 26.6. The number of nitrogens with zero attached hydrogens (tertiary/aromatic N) is 1. The average Bonchev–Trinajstić information content (AvgIpc) is 3.28. The lowest BCUT2D eigenvalue weighted by Crippen LogP contribution is -2.59. The van der Waals surface area contributed by atoms with Gasteiger partial charge in [-0.05, 0) is 43.3 Å². The lowest BCUT2D eigenvalue weighted by atomic mass is 10.0. The number of guanidine groups is 1.